The van der Waals surface area contributed by atoms with E-state index >= 15 is 0 Å². The van der Waals surface area contributed by atoms with Crippen molar-refractivity contribution in [1.82, 2.24) is 0 Å². The molecular formula is C26H38Fe2O4P6. The van der Waals surface area contributed by atoms with E-state index in [2.05, 4.69) is 55.2 Å². The molecule has 0 heterocycles. The Morgan fingerprint density at radius 1 is 0.632 bits per heavy atom. The van der Waals surface area contributed by atoms with Gasteiger partial charge in [0, 0.05) is 0 Å². The minimum absolute atomic E-state index is 0. The number of rotatable bonds is 8. The van der Waals surface area contributed by atoms with Crippen molar-refractivity contribution in [1.29, 1.82) is 0 Å². The summed E-state index contributed by atoms with van der Waals surface area (Å²) in [6.07, 6.45) is 1.26. The predicted molar refractivity (Wildman–Crippen MR) is 173 cm³/mol. The van der Waals surface area contributed by atoms with E-state index in [4.69, 9.17) is 20.4 Å². The minimum atomic E-state index is -1.25. The minimum Gasteiger partial charge on any atom is -0.365 e. The Balaban J connectivity index is 0. The van der Waals surface area contributed by atoms with E-state index in [1.54, 1.807) is 0 Å². The summed E-state index contributed by atoms with van der Waals surface area (Å²) >= 11 is 0. The Labute approximate surface area is 261 Å². The van der Waals surface area contributed by atoms with Crippen molar-refractivity contribution in [3.8, 4) is 0 Å². The zero-order valence-corrected chi connectivity index (χ0v) is 29.6. The van der Waals surface area contributed by atoms with Gasteiger partial charge in [0.2, 0.25) is 0 Å². The standard InChI is InChI=1S/C9H15O4P2.C7H13P4.2C5H5.2Fe/c10-8(11)14-4-6-2-1-3-7(6)5-15-9(12)13;8-6(9)4-2-1-3-5(4)7(10)11;2*1-2-4-5-3-1;;/h1-3,8-15H,4-5H2;1-3,6-7H,8-11H2;2*1-5H;;/q4*-1;2*+2. The van der Waals surface area contributed by atoms with Gasteiger partial charge in [0.05, 0.1) is 0 Å². The first kappa shape index (κ1) is 41.0. The van der Waals surface area contributed by atoms with Crippen LogP contribution in [0.2, 0.25) is 0 Å². The predicted octanol–water partition coefficient (Wildman–Crippen LogP) is 6.01. The van der Waals surface area contributed by atoms with Gasteiger partial charge in [0.25, 0.3) is 0 Å². The Hall–Kier alpha value is 0.859. The molecule has 0 radical (unpaired) electrons. The van der Waals surface area contributed by atoms with Crippen LogP contribution in [0.25, 0.3) is 0 Å². The Morgan fingerprint density at radius 2 is 1.11 bits per heavy atom. The van der Waals surface area contributed by atoms with E-state index in [1.807, 2.05) is 78.9 Å². The molecule has 4 rings (SSSR count). The van der Waals surface area contributed by atoms with Gasteiger partial charge in [-0.3, -0.25) is 0 Å². The second-order valence-corrected chi connectivity index (χ2v) is 14.5. The quantitative estimate of drug-likeness (QED) is 0.0782. The molecule has 4 aromatic rings. The molecule has 0 fully saturated rings. The zero-order chi connectivity index (χ0) is 26.8. The third kappa shape index (κ3) is 19.9. The Morgan fingerprint density at radius 3 is 1.47 bits per heavy atom. The summed E-state index contributed by atoms with van der Waals surface area (Å²) in [6, 6.07) is 29.7. The summed E-state index contributed by atoms with van der Waals surface area (Å²) in [4.78, 5) is 0. The molecule has 38 heavy (non-hydrogen) atoms. The fourth-order valence-electron chi connectivity index (χ4n) is 2.94. The zero-order valence-electron chi connectivity index (χ0n) is 20.8. The van der Waals surface area contributed by atoms with Crippen LogP contribution in [-0.2, 0) is 46.5 Å². The number of hydrogen-bond donors (Lipinski definition) is 4. The summed E-state index contributed by atoms with van der Waals surface area (Å²) in [7, 11) is 11.3. The van der Waals surface area contributed by atoms with Gasteiger partial charge in [-0.2, -0.15) is 82.9 Å². The van der Waals surface area contributed by atoms with Gasteiger partial charge in [-0.1, -0.05) is 23.3 Å². The van der Waals surface area contributed by atoms with Crippen molar-refractivity contribution in [2.24, 2.45) is 0 Å². The van der Waals surface area contributed by atoms with Crippen LogP contribution in [0, 0.1) is 0 Å². The SMILES string of the molecule is OC(O)PCc1cc[cH-]c1CPC(O)O.PC(P)c1cc[cH-]c1C(P)P.[Fe+2].[Fe+2].c1cc[cH-]c1.c1cc[cH-]c1. The number of aliphatic hydroxyl groups excluding tert-OH is 2. The molecule has 0 spiro atoms. The first-order valence-corrected chi connectivity index (χ1v) is 16.5. The van der Waals surface area contributed by atoms with Crippen LogP contribution >= 0.6 is 54.1 Å². The molecule has 0 aliphatic heterocycles. The topological polar surface area (TPSA) is 80.9 Å². The molecule has 4 aromatic carbocycles. The van der Waals surface area contributed by atoms with Gasteiger partial charge >= 0.3 is 34.1 Å². The fourth-order valence-corrected chi connectivity index (χ4v) is 5.65. The molecule has 0 saturated heterocycles. The second kappa shape index (κ2) is 25.6. The van der Waals surface area contributed by atoms with Crippen molar-refractivity contribution >= 4 is 54.1 Å². The van der Waals surface area contributed by atoms with Crippen LogP contribution in [0.3, 0.4) is 0 Å². The molecule has 0 amide bonds. The Kier molecular flexibility index (Phi) is 27.6. The van der Waals surface area contributed by atoms with E-state index in [-0.39, 0.29) is 51.3 Å². The molecule has 6 atom stereocenters. The van der Waals surface area contributed by atoms with Crippen LogP contribution in [0.15, 0.2) is 97.1 Å². The number of hydrogen-bond acceptors (Lipinski definition) is 4. The summed E-state index contributed by atoms with van der Waals surface area (Å²) in [5, 5.41) is 36.0. The summed E-state index contributed by atoms with van der Waals surface area (Å²) < 4.78 is 0. The molecule has 12 heteroatoms. The molecule has 0 bridgehead atoms. The molecule has 0 aliphatic carbocycles. The van der Waals surface area contributed by atoms with Crippen LogP contribution < -0.4 is 0 Å². The third-order valence-electron chi connectivity index (χ3n) is 4.67. The van der Waals surface area contributed by atoms with E-state index < -0.39 is 12.1 Å². The van der Waals surface area contributed by atoms with Crippen LogP contribution in [-0.4, -0.2) is 32.5 Å². The molecule has 4 nitrogen and oxygen atoms in total. The van der Waals surface area contributed by atoms with Crippen molar-refractivity contribution in [2.75, 3.05) is 0 Å². The maximum absolute atomic E-state index is 8.75. The van der Waals surface area contributed by atoms with Crippen LogP contribution in [0.5, 0.6) is 0 Å². The van der Waals surface area contributed by atoms with E-state index in [0.29, 0.717) is 23.1 Å². The molecule has 4 N–H and O–H groups in total. The first-order chi connectivity index (χ1) is 17.2. The molecule has 212 valence electrons. The van der Waals surface area contributed by atoms with Crippen molar-refractivity contribution in [3.63, 3.8) is 0 Å². The van der Waals surface area contributed by atoms with Gasteiger partial charge in [-0.25, -0.2) is 36.4 Å². The van der Waals surface area contributed by atoms with Crippen LogP contribution in [0.1, 0.15) is 33.1 Å². The van der Waals surface area contributed by atoms with E-state index in [0.717, 1.165) is 11.1 Å². The largest absolute Gasteiger partial charge is 2.00 e. The van der Waals surface area contributed by atoms with Crippen LogP contribution in [0.4, 0.5) is 0 Å². The summed E-state index contributed by atoms with van der Waals surface area (Å²) in [5.41, 5.74) is 4.93. The fraction of sp³-hybridized carbons (Fsp3) is 0.231. The molecular weight excluding hydrogens is 674 g/mol. The smallest absolute Gasteiger partial charge is 0.365 e. The van der Waals surface area contributed by atoms with Gasteiger partial charge in [-0.05, 0) is 17.0 Å². The van der Waals surface area contributed by atoms with Crippen molar-refractivity contribution in [3.05, 3.63) is 119 Å². The van der Waals surface area contributed by atoms with E-state index in [9.17, 15) is 0 Å². The normalized spacial score (nSPS) is 10.6. The average molecular weight is 712 g/mol. The van der Waals surface area contributed by atoms with E-state index in [1.165, 1.54) is 11.1 Å². The molecule has 0 saturated carbocycles. The van der Waals surface area contributed by atoms with Gasteiger partial charge in [0.1, 0.15) is 0 Å². The molecule has 0 aromatic heterocycles. The maximum atomic E-state index is 8.75. The van der Waals surface area contributed by atoms with Gasteiger partial charge in [-0.15, -0.1) is 37.0 Å². The molecule has 6 unspecified atom stereocenters. The summed E-state index contributed by atoms with van der Waals surface area (Å²) in [6.45, 7) is 0. The first-order valence-electron chi connectivity index (χ1n) is 11.3. The second-order valence-electron chi connectivity index (χ2n) is 7.50. The third-order valence-corrected chi connectivity index (χ3v) is 8.01. The maximum Gasteiger partial charge on any atom is 2.00 e. The van der Waals surface area contributed by atoms with Gasteiger partial charge in [0.15, 0.2) is 12.1 Å². The van der Waals surface area contributed by atoms with Gasteiger partial charge < -0.3 is 20.4 Å². The summed E-state index contributed by atoms with van der Waals surface area (Å²) in [5.74, 6) is 0. The monoisotopic (exact) mass is 712 g/mol. The molecule has 0 aliphatic rings. The number of aliphatic hydroxyl groups is 4. The van der Waals surface area contributed by atoms with Crippen molar-refractivity contribution < 1.29 is 54.6 Å². The average Bonchev–Trinajstić information content (AvgIpc) is 3.67. The Bertz CT molecular complexity index is 878. The van der Waals surface area contributed by atoms with Crippen molar-refractivity contribution in [2.45, 2.75) is 35.2 Å².